The zero-order valence-electron chi connectivity index (χ0n) is 13.2. The summed E-state index contributed by atoms with van der Waals surface area (Å²) in [5.41, 5.74) is 5.71. The molecule has 1 fully saturated rings. The topological polar surface area (TPSA) is 79.5 Å². The van der Waals surface area contributed by atoms with E-state index in [1.165, 1.54) is 17.4 Å². The second kappa shape index (κ2) is 6.86. The van der Waals surface area contributed by atoms with Crippen molar-refractivity contribution >= 4 is 22.4 Å². The second-order valence-corrected chi connectivity index (χ2v) is 7.17. The average molecular weight is 349 g/mol. The van der Waals surface area contributed by atoms with Gasteiger partial charge in [-0.2, -0.15) is 0 Å². The first kappa shape index (κ1) is 16.9. The van der Waals surface area contributed by atoms with Gasteiger partial charge < -0.3 is 15.7 Å². The van der Waals surface area contributed by atoms with E-state index in [0.717, 1.165) is 24.5 Å². The number of aromatic nitrogens is 1. The summed E-state index contributed by atoms with van der Waals surface area (Å²) in [4.78, 5) is 17.6. The summed E-state index contributed by atoms with van der Waals surface area (Å²) in [5.74, 6) is -0.790. The Kier molecular flexibility index (Phi) is 4.82. The number of thiazole rings is 1. The summed E-state index contributed by atoms with van der Waals surface area (Å²) in [6, 6.07) is 6.68. The lowest BCUT2D eigenvalue weighted by Gasteiger charge is -2.42. The van der Waals surface area contributed by atoms with Gasteiger partial charge in [-0.1, -0.05) is 18.2 Å². The fraction of sp³-hybridized carbons (Fsp3) is 0.412. The zero-order valence-corrected chi connectivity index (χ0v) is 14.1. The van der Waals surface area contributed by atoms with Gasteiger partial charge in [-0.05, 0) is 30.9 Å². The first-order valence-electron chi connectivity index (χ1n) is 7.87. The van der Waals surface area contributed by atoms with Crippen molar-refractivity contribution in [2.75, 3.05) is 24.6 Å². The number of rotatable bonds is 5. The van der Waals surface area contributed by atoms with Crippen LogP contribution in [0.1, 0.15) is 28.9 Å². The van der Waals surface area contributed by atoms with Gasteiger partial charge in [0, 0.05) is 23.9 Å². The van der Waals surface area contributed by atoms with E-state index in [1.807, 2.05) is 6.07 Å². The standard InChI is InChI=1S/C17H20FN3O2S/c18-13-5-2-1-4-12(13)8-17(11-22)6-3-7-21(10-17)16-20-14(9-24-16)15(19)23/h1-2,4-5,9,22H,3,6-8,10-11H2,(H2,19,23). The predicted molar refractivity (Wildman–Crippen MR) is 91.7 cm³/mol. The van der Waals surface area contributed by atoms with Crippen LogP contribution in [0, 0.1) is 11.2 Å². The molecule has 0 bridgehead atoms. The predicted octanol–water partition coefficient (Wildman–Crippen LogP) is 2.20. The summed E-state index contributed by atoms with van der Waals surface area (Å²) in [5, 5.41) is 12.4. The van der Waals surface area contributed by atoms with Gasteiger partial charge >= 0.3 is 0 Å². The number of piperidine rings is 1. The first-order chi connectivity index (χ1) is 11.5. The van der Waals surface area contributed by atoms with Gasteiger partial charge in [-0.3, -0.25) is 4.79 Å². The van der Waals surface area contributed by atoms with Crippen LogP contribution in [0.4, 0.5) is 9.52 Å². The maximum Gasteiger partial charge on any atom is 0.268 e. The Morgan fingerprint density at radius 1 is 1.46 bits per heavy atom. The number of halogens is 1. The minimum Gasteiger partial charge on any atom is -0.396 e. The Bertz CT molecular complexity index is 736. The van der Waals surface area contributed by atoms with Gasteiger partial charge in [0.2, 0.25) is 0 Å². The maximum absolute atomic E-state index is 14.0. The van der Waals surface area contributed by atoms with Crippen molar-refractivity contribution in [3.8, 4) is 0 Å². The van der Waals surface area contributed by atoms with Crippen LogP contribution in [0.15, 0.2) is 29.6 Å². The van der Waals surface area contributed by atoms with Gasteiger partial charge in [0.15, 0.2) is 5.13 Å². The summed E-state index contributed by atoms with van der Waals surface area (Å²) in [6.07, 6.45) is 2.17. The molecule has 1 atom stereocenters. The molecule has 0 aliphatic carbocycles. The molecule has 24 heavy (non-hydrogen) atoms. The molecule has 1 aliphatic heterocycles. The minimum absolute atomic E-state index is 0.0219. The molecule has 1 aromatic heterocycles. The van der Waals surface area contributed by atoms with Crippen LogP contribution >= 0.6 is 11.3 Å². The number of anilines is 1. The molecule has 1 saturated heterocycles. The fourth-order valence-corrected chi connectivity index (χ4v) is 4.11. The monoisotopic (exact) mass is 349 g/mol. The van der Waals surface area contributed by atoms with Crippen LogP contribution in [-0.4, -0.2) is 35.7 Å². The van der Waals surface area contributed by atoms with Crippen LogP contribution < -0.4 is 10.6 Å². The highest BCUT2D eigenvalue weighted by Gasteiger charge is 2.36. The molecule has 1 amide bonds. The molecule has 2 aromatic rings. The average Bonchev–Trinajstić information content (AvgIpc) is 3.08. The van der Waals surface area contributed by atoms with E-state index in [4.69, 9.17) is 5.73 Å². The third-order valence-electron chi connectivity index (χ3n) is 4.54. The van der Waals surface area contributed by atoms with Crippen molar-refractivity contribution in [2.24, 2.45) is 11.1 Å². The number of nitrogens with two attached hydrogens (primary N) is 1. The Hall–Kier alpha value is -1.99. The van der Waals surface area contributed by atoms with Crippen molar-refractivity contribution in [3.63, 3.8) is 0 Å². The van der Waals surface area contributed by atoms with E-state index in [9.17, 15) is 14.3 Å². The summed E-state index contributed by atoms with van der Waals surface area (Å²) < 4.78 is 14.0. The fourth-order valence-electron chi connectivity index (χ4n) is 3.27. The van der Waals surface area contributed by atoms with Crippen LogP contribution in [-0.2, 0) is 6.42 Å². The van der Waals surface area contributed by atoms with Crippen molar-refractivity contribution in [2.45, 2.75) is 19.3 Å². The molecule has 128 valence electrons. The number of carbonyl (C=O) groups is 1. The Balaban J connectivity index is 1.81. The number of hydrogen-bond donors (Lipinski definition) is 2. The third kappa shape index (κ3) is 3.42. The van der Waals surface area contributed by atoms with E-state index < -0.39 is 11.3 Å². The quantitative estimate of drug-likeness (QED) is 0.867. The van der Waals surface area contributed by atoms with E-state index >= 15 is 0 Å². The summed E-state index contributed by atoms with van der Waals surface area (Å²) in [7, 11) is 0. The molecule has 1 aliphatic rings. The van der Waals surface area contributed by atoms with Gasteiger partial charge in [-0.15, -0.1) is 11.3 Å². The molecule has 2 heterocycles. The lowest BCUT2D eigenvalue weighted by Crippen LogP contribution is -2.47. The molecule has 7 heteroatoms. The van der Waals surface area contributed by atoms with Crippen LogP contribution in [0.25, 0.3) is 0 Å². The number of aliphatic hydroxyl groups is 1. The van der Waals surface area contributed by atoms with Crippen LogP contribution in [0.3, 0.4) is 0 Å². The Morgan fingerprint density at radius 2 is 2.25 bits per heavy atom. The zero-order chi connectivity index (χ0) is 17.2. The highest BCUT2D eigenvalue weighted by Crippen LogP contribution is 2.36. The van der Waals surface area contributed by atoms with E-state index in [0.29, 0.717) is 18.5 Å². The number of aliphatic hydroxyl groups excluding tert-OH is 1. The highest BCUT2D eigenvalue weighted by molar-refractivity contribution is 7.13. The summed E-state index contributed by atoms with van der Waals surface area (Å²) in [6.45, 7) is 1.35. The summed E-state index contributed by atoms with van der Waals surface area (Å²) >= 11 is 1.36. The van der Waals surface area contributed by atoms with E-state index in [-0.39, 0.29) is 18.1 Å². The maximum atomic E-state index is 14.0. The molecule has 3 rings (SSSR count). The molecule has 3 N–H and O–H groups in total. The molecule has 0 radical (unpaired) electrons. The van der Waals surface area contributed by atoms with E-state index in [2.05, 4.69) is 9.88 Å². The van der Waals surface area contributed by atoms with Gasteiger partial charge in [0.1, 0.15) is 11.5 Å². The number of hydrogen-bond acceptors (Lipinski definition) is 5. The smallest absolute Gasteiger partial charge is 0.268 e. The molecule has 0 saturated carbocycles. The molecule has 0 spiro atoms. The lowest BCUT2D eigenvalue weighted by molar-refractivity contribution is 0.0995. The Morgan fingerprint density at radius 3 is 2.92 bits per heavy atom. The van der Waals surface area contributed by atoms with E-state index in [1.54, 1.807) is 17.5 Å². The van der Waals surface area contributed by atoms with Crippen molar-refractivity contribution in [1.29, 1.82) is 0 Å². The molecular formula is C17H20FN3O2S. The van der Waals surface area contributed by atoms with Crippen LogP contribution in [0.2, 0.25) is 0 Å². The third-order valence-corrected chi connectivity index (χ3v) is 5.44. The lowest BCUT2D eigenvalue weighted by atomic mass is 9.76. The molecule has 5 nitrogen and oxygen atoms in total. The van der Waals surface area contributed by atoms with Crippen molar-refractivity contribution in [1.82, 2.24) is 4.98 Å². The number of amides is 1. The minimum atomic E-state index is -0.547. The first-order valence-corrected chi connectivity index (χ1v) is 8.75. The van der Waals surface area contributed by atoms with Crippen LogP contribution in [0.5, 0.6) is 0 Å². The molecule has 1 unspecified atom stereocenters. The molecular weight excluding hydrogens is 329 g/mol. The number of benzene rings is 1. The number of primary amides is 1. The SMILES string of the molecule is NC(=O)c1csc(N2CCCC(CO)(Cc3ccccc3F)C2)n1. The van der Waals surface area contributed by atoms with Gasteiger partial charge in [0.25, 0.3) is 5.91 Å². The highest BCUT2D eigenvalue weighted by atomic mass is 32.1. The van der Waals surface area contributed by atoms with Gasteiger partial charge in [-0.25, -0.2) is 9.37 Å². The second-order valence-electron chi connectivity index (χ2n) is 6.33. The number of nitrogens with zero attached hydrogens (tertiary/aromatic N) is 2. The normalized spacial score (nSPS) is 21.0. The Labute approximate surface area is 143 Å². The van der Waals surface area contributed by atoms with Crippen molar-refractivity contribution in [3.05, 3.63) is 46.7 Å². The van der Waals surface area contributed by atoms with Gasteiger partial charge in [0.05, 0.1) is 6.61 Å². The largest absolute Gasteiger partial charge is 0.396 e. The van der Waals surface area contributed by atoms with Crippen molar-refractivity contribution < 1.29 is 14.3 Å². The number of carbonyl (C=O) groups excluding carboxylic acids is 1. The molecule has 1 aromatic carbocycles.